The second-order valence-electron chi connectivity index (χ2n) is 6.76. The van der Waals surface area contributed by atoms with Crippen LogP contribution in [-0.4, -0.2) is 11.9 Å². The number of carbonyl (C=O) groups is 1. The first-order valence-electron chi connectivity index (χ1n) is 8.79. The van der Waals surface area contributed by atoms with E-state index in [4.69, 9.17) is 0 Å². The van der Waals surface area contributed by atoms with Gasteiger partial charge < -0.3 is 5.32 Å². The van der Waals surface area contributed by atoms with Gasteiger partial charge in [-0.1, -0.05) is 32.6 Å². The van der Waals surface area contributed by atoms with Crippen molar-refractivity contribution < 1.29 is 4.79 Å². The first kappa shape index (κ1) is 18.7. The fourth-order valence-corrected chi connectivity index (χ4v) is 3.00. The van der Waals surface area contributed by atoms with Crippen molar-refractivity contribution in [2.24, 2.45) is 0 Å². The molecule has 1 rings (SSSR count). The van der Waals surface area contributed by atoms with E-state index < -0.39 is 0 Å². The van der Waals surface area contributed by atoms with Gasteiger partial charge in [0, 0.05) is 11.6 Å². The molecule has 1 aromatic carbocycles. The second-order valence-corrected chi connectivity index (χ2v) is 6.76. The summed E-state index contributed by atoms with van der Waals surface area (Å²) in [5.74, 6) is 0.0493. The zero-order valence-corrected chi connectivity index (χ0v) is 15.3. The fourth-order valence-electron chi connectivity index (χ4n) is 3.00. The third-order valence-corrected chi connectivity index (χ3v) is 4.45. The van der Waals surface area contributed by atoms with Gasteiger partial charge in [-0.05, 0) is 75.8 Å². The van der Waals surface area contributed by atoms with Gasteiger partial charge in [0.25, 0.3) is 5.91 Å². The quantitative estimate of drug-likeness (QED) is 0.652. The number of rotatable bonds is 8. The maximum absolute atomic E-state index is 12.3. The molecule has 0 spiro atoms. The van der Waals surface area contributed by atoms with Crippen LogP contribution in [-0.2, 0) is 6.42 Å². The third kappa shape index (κ3) is 5.15. The van der Waals surface area contributed by atoms with Crippen molar-refractivity contribution in [1.82, 2.24) is 5.32 Å². The molecule has 0 bridgehead atoms. The lowest BCUT2D eigenvalue weighted by Gasteiger charge is -2.17. The molecule has 0 radical (unpaired) electrons. The third-order valence-electron chi connectivity index (χ3n) is 4.45. The predicted octanol–water partition coefficient (Wildman–Crippen LogP) is 5.26. The van der Waals surface area contributed by atoms with E-state index >= 15 is 0 Å². The van der Waals surface area contributed by atoms with E-state index in [2.05, 4.69) is 39.1 Å². The van der Waals surface area contributed by atoms with Gasteiger partial charge in [0.05, 0.1) is 0 Å². The smallest absolute Gasteiger partial charge is 0.251 e. The summed E-state index contributed by atoms with van der Waals surface area (Å²) in [4.78, 5) is 12.3. The standard InChI is InChI=1S/C20H33NO/c1-7-8-9-10-11-12-18-15(4)13-19(17(6)16(18)5)20(22)21-14(2)3/h13-14H,7-12H2,1-6H3,(H,21,22). The van der Waals surface area contributed by atoms with E-state index in [-0.39, 0.29) is 11.9 Å². The Balaban J connectivity index is 2.85. The molecule has 0 aliphatic heterocycles. The number of nitrogens with one attached hydrogen (secondary N) is 1. The second kappa shape index (κ2) is 8.97. The zero-order chi connectivity index (χ0) is 16.7. The summed E-state index contributed by atoms with van der Waals surface area (Å²) < 4.78 is 0. The van der Waals surface area contributed by atoms with E-state index in [9.17, 15) is 4.79 Å². The van der Waals surface area contributed by atoms with Crippen molar-refractivity contribution in [2.75, 3.05) is 0 Å². The van der Waals surface area contributed by atoms with E-state index in [1.54, 1.807) is 0 Å². The van der Waals surface area contributed by atoms with Crippen molar-refractivity contribution in [3.05, 3.63) is 33.9 Å². The molecule has 0 aromatic heterocycles. The van der Waals surface area contributed by atoms with Crippen LogP contribution < -0.4 is 5.32 Å². The lowest BCUT2D eigenvalue weighted by Crippen LogP contribution is -2.31. The van der Waals surface area contributed by atoms with Crippen LogP contribution in [0.2, 0.25) is 0 Å². The summed E-state index contributed by atoms with van der Waals surface area (Å²) >= 11 is 0. The number of aryl methyl sites for hydroxylation is 1. The lowest BCUT2D eigenvalue weighted by molar-refractivity contribution is 0.0942. The van der Waals surface area contributed by atoms with Crippen LogP contribution in [0.25, 0.3) is 0 Å². The van der Waals surface area contributed by atoms with Gasteiger partial charge >= 0.3 is 0 Å². The van der Waals surface area contributed by atoms with Crippen LogP contribution in [0, 0.1) is 20.8 Å². The molecule has 2 nitrogen and oxygen atoms in total. The first-order valence-corrected chi connectivity index (χ1v) is 8.79. The normalized spacial score (nSPS) is 11.0. The molecule has 22 heavy (non-hydrogen) atoms. The molecule has 124 valence electrons. The van der Waals surface area contributed by atoms with E-state index in [1.165, 1.54) is 48.8 Å². The molecule has 0 unspecified atom stereocenters. The van der Waals surface area contributed by atoms with Crippen molar-refractivity contribution in [2.45, 2.75) is 86.1 Å². The van der Waals surface area contributed by atoms with E-state index in [0.29, 0.717) is 0 Å². The maximum atomic E-state index is 12.3. The Bertz CT molecular complexity index is 503. The van der Waals surface area contributed by atoms with Crippen LogP contribution in [0.4, 0.5) is 0 Å². The molecule has 1 N–H and O–H groups in total. The van der Waals surface area contributed by atoms with Crippen molar-refractivity contribution in [3.8, 4) is 0 Å². The highest BCUT2D eigenvalue weighted by Crippen LogP contribution is 2.24. The molecule has 0 saturated heterocycles. The van der Waals surface area contributed by atoms with Gasteiger partial charge in [-0.25, -0.2) is 0 Å². The van der Waals surface area contributed by atoms with Gasteiger partial charge in [-0.2, -0.15) is 0 Å². The predicted molar refractivity (Wildman–Crippen MR) is 95.7 cm³/mol. The average molecular weight is 303 g/mol. The highest BCUT2D eigenvalue weighted by atomic mass is 16.1. The molecule has 2 heteroatoms. The minimum atomic E-state index is 0.0493. The van der Waals surface area contributed by atoms with Gasteiger partial charge in [-0.3, -0.25) is 4.79 Å². The summed E-state index contributed by atoms with van der Waals surface area (Å²) in [7, 11) is 0. The van der Waals surface area contributed by atoms with Gasteiger partial charge in [0.2, 0.25) is 0 Å². The number of carbonyl (C=O) groups excluding carboxylic acids is 1. The minimum absolute atomic E-state index is 0.0493. The maximum Gasteiger partial charge on any atom is 0.251 e. The Morgan fingerprint density at radius 3 is 2.27 bits per heavy atom. The average Bonchev–Trinajstić information content (AvgIpc) is 2.45. The molecule has 0 heterocycles. The molecular formula is C20H33NO. The SMILES string of the molecule is CCCCCCCc1c(C)cc(C(=O)NC(C)C)c(C)c1C. The van der Waals surface area contributed by atoms with Crippen molar-refractivity contribution >= 4 is 5.91 Å². The van der Waals surface area contributed by atoms with Crippen molar-refractivity contribution in [1.29, 1.82) is 0 Å². The molecule has 0 saturated carbocycles. The Morgan fingerprint density at radius 2 is 1.68 bits per heavy atom. The number of hydrogen-bond acceptors (Lipinski definition) is 1. The summed E-state index contributed by atoms with van der Waals surface area (Å²) in [6.07, 6.45) is 7.65. The lowest BCUT2D eigenvalue weighted by atomic mass is 9.90. The summed E-state index contributed by atoms with van der Waals surface area (Å²) in [5.41, 5.74) is 5.96. The van der Waals surface area contributed by atoms with E-state index in [1.807, 2.05) is 13.8 Å². The highest BCUT2D eigenvalue weighted by Gasteiger charge is 2.15. The monoisotopic (exact) mass is 303 g/mol. The first-order chi connectivity index (χ1) is 10.4. The molecule has 1 amide bonds. The summed E-state index contributed by atoms with van der Waals surface area (Å²) in [5, 5.41) is 3.00. The molecule has 1 aromatic rings. The summed E-state index contributed by atoms with van der Waals surface area (Å²) in [6.45, 7) is 12.6. The molecular weight excluding hydrogens is 270 g/mol. The minimum Gasteiger partial charge on any atom is -0.350 e. The number of unbranched alkanes of at least 4 members (excludes halogenated alkanes) is 4. The Kier molecular flexibility index (Phi) is 7.64. The zero-order valence-electron chi connectivity index (χ0n) is 15.3. The van der Waals surface area contributed by atoms with Gasteiger partial charge in [-0.15, -0.1) is 0 Å². The Morgan fingerprint density at radius 1 is 1.05 bits per heavy atom. The van der Waals surface area contributed by atoms with Gasteiger partial charge in [0.1, 0.15) is 0 Å². The number of hydrogen-bond donors (Lipinski definition) is 1. The number of amides is 1. The largest absolute Gasteiger partial charge is 0.350 e. The molecule has 0 fully saturated rings. The van der Waals surface area contributed by atoms with Crippen LogP contribution in [0.1, 0.15) is 85.5 Å². The topological polar surface area (TPSA) is 29.1 Å². The van der Waals surface area contributed by atoms with Crippen molar-refractivity contribution in [3.63, 3.8) is 0 Å². The van der Waals surface area contributed by atoms with Crippen LogP contribution >= 0.6 is 0 Å². The number of benzene rings is 1. The highest BCUT2D eigenvalue weighted by molar-refractivity contribution is 5.96. The van der Waals surface area contributed by atoms with Gasteiger partial charge in [0.15, 0.2) is 0 Å². The summed E-state index contributed by atoms with van der Waals surface area (Å²) in [6, 6.07) is 2.24. The molecule has 0 aliphatic carbocycles. The van der Waals surface area contributed by atoms with E-state index in [0.717, 1.165) is 17.5 Å². The van der Waals surface area contributed by atoms with Crippen LogP contribution in [0.5, 0.6) is 0 Å². The Labute approximate surface area is 136 Å². The van der Waals surface area contributed by atoms with Crippen LogP contribution in [0.15, 0.2) is 6.07 Å². The molecule has 0 aliphatic rings. The van der Waals surface area contributed by atoms with Crippen LogP contribution in [0.3, 0.4) is 0 Å². The fraction of sp³-hybridized carbons (Fsp3) is 0.650. The molecule has 0 atom stereocenters. The Hall–Kier alpha value is -1.31.